The van der Waals surface area contributed by atoms with Gasteiger partial charge in [-0.3, -0.25) is 0 Å². The van der Waals surface area contributed by atoms with Crippen LogP contribution in [0.25, 0.3) is 0 Å². The van der Waals surface area contributed by atoms with Crippen LogP contribution >= 0.6 is 22.9 Å². The molecule has 0 saturated heterocycles. The van der Waals surface area contributed by atoms with Crippen molar-refractivity contribution in [3.05, 3.63) is 44.9 Å². The molecule has 2 rings (SSSR count). The van der Waals surface area contributed by atoms with Crippen LogP contribution in [0.15, 0.2) is 18.2 Å². The summed E-state index contributed by atoms with van der Waals surface area (Å²) in [7, 11) is 0. The normalized spacial score (nSPS) is 10.7. The van der Waals surface area contributed by atoms with Gasteiger partial charge in [-0.15, -0.1) is 11.3 Å². The zero-order chi connectivity index (χ0) is 11.7. The molecule has 0 atom stereocenters. The maximum Gasteiger partial charge on any atom is 0.180 e. The lowest BCUT2D eigenvalue weighted by atomic mass is 10.0. The molecule has 0 amide bonds. The molecule has 2 N–H and O–H groups in total. The number of hydrogen-bond acceptors (Lipinski definition) is 3. The highest BCUT2D eigenvalue weighted by Crippen LogP contribution is 2.25. The number of nitrogens with two attached hydrogens (primary N) is 1. The second-order valence-corrected chi connectivity index (χ2v) is 5.36. The lowest BCUT2D eigenvalue weighted by molar-refractivity contribution is 1.13. The summed E-state index contributed by atoms with van der Waals surface area (Å²) in [5.41, 5.74) is 9.19. The Morgan fingerprint density at radius 1 is 1.38 bits per heavy atom. The van der Waals surface area contributed by atoms with Gasteiger partial charge in [0.05, 0.1) is 5.69 Å². The van der Waals surface area contributed by atoms with Gasteiger partial charge in [-0.25, -0.2) is 4.98 Å². The van der Waals surface area contributed by atoms with Crippen molar-refractivity contribution in [3.8, 4) is 0 Å². The predicted molar refractivity (Wildman–Crippen MR) is 70.3 cm³/mol. The molecular formula is C12H13ClN2S. The van der Waals surface area contributed by atoms with E-state index >= 15 is 0 Å². The van der Waals surface area contributed by atoms with Crippen LogP contribution in [0, 0.1) is 13.8 Å². The van der Waals surface area contributed by atoms with Crippen molar-refractivity contribution in [2.24, 2.45) is 0 Å². The molecule has 16 heavy (non-hydrogen) atoms. The van der Waals surface area contributed by atoms with E-state index in [1.807, 2.05) is 19.1 Å². The van der Waals surface area contributed by atoms with E-state index in [2.05, 4.69) is 18.0 Å². The Kier molecular flexibility index (Phi) is 3.17. The van der Waals surface area contributed by atoms with Crippen LogP contribution in [0.5, 0.6) is 0 Å². The number of anilines is 1. The standard InChI is InChI=1S/C12H13ClN2S/c1-7-5-10(13)4-3-9(7)6-11-8(2)15-12(14)16-11/h3-5H,6H2,1-2H3,(H2,14,15). The lowest BCUT2D eigenvalue weighted by Gasteiger charge is -2.04. The van der Waals surface area contributed by atoms with Crippen molar-refractivity contribution in [2.75, 3.05) is 5.73 Å². The first-order valence-electron chi connectivity index (χ1n) is 5.03. The number of rotatable bonds is 2. The SMILES string of the molecule is Cc1cc(Cl)ccc1Cc1sc(N)nc1C. The lowest BCUT2D eigenvalue weighted by Crippen LogP contribution is -1.91. The molecular weight excluding hydrogens is 240 g/mol. The average molecular weight is 253 g/mol. The summed E-state index contributed by atoms with van der Waals surface area (Å²) in [6.07, 6.45) is 0.879. The maximum atomic E-state index is 5.93. The van der Waals surface area contributed by atoms with Crippen molar-refractivity contribution < 1.29 is 0 Å². The van der Waals surface area contributed by atoms with Gasteiger partial charge in [-0.2, -0.15) is 0 Å². The summed E-state index contributed by atoms with van der Waals surface area (Å²) in [5, 5.41) is 1.42. The fourth-order valence-corrected chi connectivity index (χ4v) is 2.73. The first-order chi connectivity index (χ1) is 7.56. The molecule has 0 saturated carbocycles. The van der Waals surface area contributed by atoms with Gasteiger partial charge >= 0.3 is 0 Å². The molecule has 2 nitrogen and oxygen atoms in total. The van der Waals surface area contributed by atoms with Crippen molar-refractivity contribution in [1.29, 1.82) is 0 Å². The molecule has 0 radical (unpaired) electrons. The Bertz CT molecular complexity index is 520. The summed E-state index contributed by atoms with van der Waals surface area (Å²) >= 11 is 7.48. The average Bonchev–Trinajstić information content (AvgIpc) is 2.50. The largest absolute Gasteiger partial charge is 0.375 e. The predicted octanol–water partition coefficient (Wildman–Crippen LogP) is 3.59. The summed E-state index contributed by atoms with van der Waals surface area (Å²) in [5.74, 6) is 0. The summed E-state index contributed by atoms with van der Waals surface area (Å²) < 4.78 is 0. The summed E-state index contributed by atoms with van der Waals surface area (Å²) in [6.45, 7) is 4.06. The molecule has 0 bridgehead atoms. The van der Waals surface area contributed by atoms with E-state index in [9.17, 15) is 0 Å². The Morgan fingerprint density at radius 3 is 2.69 bits per heavy atom. The van der Waals surface area contributed by atoms with E-state index in [0.717, 1.165) is 17.1 Å². The molecule has 1 aromatic heterocycles. The van der Waals surface area contributed by atoms with Crippen LogP contribution in [-0.2, 0) is 6.42 Å². The highest BCUT2D eigenvalue weighted by molar-refractivity contribution is 7.15. The van der Waals surface area contributed by atoms with Gasteiger partial charge < -0.3 is 5.73 Å². The zero-order valence-electron chi connectivity index (χ0n) is 9.25. The van der Waals surface area contributed by atoms with E-state index in [1.165, 1.54) is 16.0 Å². The minimum atomic E-state index is 0.638. The Hall–Kier alpha value is -1.06. The van der Waals surface area contributed by atoms with Gasteiger partial charge in [0.25, 0.3) is 0 Å². The number of hydrogen-bond donors (Lipinski definition) is 1. The van der Waals surface area contributed by atoms with Crippen LogP contribution in [0.3, 0.4) is 0 Å². The molecule has 0 aliphatic heterocycles. The number of benzene rings is 1. The summed E-state index contributed by atoms with van der Waals surface area (Å²) in [6, 6.07) is 5.97. The number of halogens is 1. The first-order valence-corrected chi connectivity index (χ1v) is 6.22. The first kappa shape index (κ1) is 11.4. The molecule has 0 unspecified atom stereocenters. The van der Waals surface area contributed by atoms with Crippen LogP contribution in [0.4, 0.5) is 5.13 Å². The number of aromatic nitrogens is 1. The number of thiazole rings is 1. The molecule has 84 valence electrons. The molecule has 0 spiro atoms. The number of nitrogens with zero attached hydrogens (tertiary/aromatic N) is 1. The third-order valence-corrected chi connectivity index (χ3v) is 3.79. The van der Waals surface area contributed by atoms with Gasteiger partial charge in [0.15, 0.2) is 5.13 Å². The van der Waals surface area contributed by atoms with Crippen molar-refractivity contribution >= 4 is 28.1 Å². The quantitative estimate of drug-likeness (QED) is 0.887. The van der Waals surface area contributed by atoms with E-state index in [4.69, 9.17) is 17.3 Å². The number of nitrogen functional groups attached to an aromatic ring is 1. The second kappa shape index (κ2) is 4.44. The fraction of sp³-hybridized carbons (Fsp3) is 0.250. The minimum absolute atomic E-state index is 0.638. The molecule has 1 aromatic carbocycles. The van der Waals surface area contributed by atoms with E-state index in [0.29, 0.717) is 5.13 Å². The van der Waals surface area contributed by atoms with Crippen LogP contribution in [0.1, 0.15) is 21.7 Å². The Balaban J connectivity index is 2.30. The van der Waals surface area contributed by atoms with Crippen LogP contribution in [0.2, 0.25) is 5.02 Å². The highest BCUT2D eigenvalue weighted by atomic mass is 35.5. The molecule has 1 heterocycles. The van der Waals surface area contributed by atoms with Gasteiger partial charge in [0, 0.05) is 16.3 Å². The zero-order valence-corrected chi connectivity index (χ0v) is 10.8. The number of aryl methyl sites for hydroxylation is 2. The van der Waals surface area contributed by atoms with Gasteiger partial charge in [-0.1, -0.05) is 17.7 Å². The molecule has 4 heteroatoms. The van der Waals surface area contributed by atoms with Crippen LogP contribution < -0.4 is 5.73 Å². The van der Waals surface area contributed by atoms with Gasteiger partial charge in [-0.05, 0) is 37.1 Å². The van der Waals surface area contributed by atoms with Crippen molar-refractivity contribution in [1.82, 2.24) is 4.98 Å². The molecule has 0 fully saturated rings. The van der Waals surface area contributed by atoms with E-state index in [-0.39, 0.29) is 0 Å². The third kappa shape index (κ3) is 2.36. The monoisotopic (exact) mass is 252 g/mol. The highest BCUT2D eigenvalue weighted by Gasteiger charge is 2.08. The van der Waals surface area contributed by atoms with Gasteiger partial charge in [0.2, 0.25) is 0 Å². The summed E-state index contributed by atoms with van der Waals surface area (Å²) in [4.78, 5) is 5.45. The van der Waals surface area contributed by atoms with Gasteiger partial charge in [0.1, 0.15) is 0 Å². The molecule has 0 aliphatic carbocycles. The van der Waals surface area contributed by atoms with Crippen molar-refractivity contribution in [2.45, 2.75) is 20.3 Å². The topological polar surface area (TPSA) is 38.9 Å². The third-order valence-electron chi connectivity index (χ3n) is 2.56. The molecule has 2 aromatic rings. The fourth-order valence-electron chi connectivity index (χ4n) is 1.65. The smallest absolute Gasteiger partial charge is 0.180 e. The molecule has 0 aliphatic rings. The Labute approximate surface area is 104 Å². The van der Waals surface area contributed by atoms with E-state index < -0.39 is 0 Å². The maximum absolute atomic E-state index is 5.93. The minimum Gasteiger partial charge on any atom is -0.375 e. The Morgan fingerprint density at radius 2 is 2.12 bits per heavy atom. The van der Waals surface area contributed by atoms with E-state index in [1.54, 1.807) is 11.3 Å². The van der Waals surface area contributed by atoms with Crippen molar-refractivity contribution in [3.63, 3.8) is 0 Å². The van der Waals surface area contributed by atoms with Crippen LogP contribution in [-0.4, -0.2) is 4.98 Å². The second-order valence-electron chi connectivity index (χ2n) is 3.81.